The zero-order valence-corrected chi connectivity index (χ0v) is 9.77. The number of carbonyl (C=O) groups is 2. The van der Waals surface area contributed by atoms with E-state index < -0.39 is 23.3 Å². The van der Waals surface area contributed by atoms with Crippen LogP contribution < -0.4 is 0 Å². The van der Waals surface area contributed by atoms with Crippen LogP contribution in [0.1, 0.15) is 20.8 Å². The maximum absolute atomic E-state index is 11.1. The molecular weight excluding hydrogens is 210 g/mol. The van der Waals surface area contributed by atoms with Crippen molar-refractivity contribution in [2.24, 2.45) is 11.3 Å². The van der Waals surface area contributed by atoms with Gasteiger partial charge in [0.25, 0.3) is 0 Å². The molecule has 0 heterocycles. The number of esters is 1. The Bertz CT molecular complexity index is 363. The first-order valence-electron chi connectivity index (χ1n) is 4.71. The van der Waals surface area contributed by atoms with Gasteiger partial charge in [0.15, 0.2) is 0 Å². The highest BCUT2D eigenvalue weighted by atomic mass is 16.5. The van der Waals surface area contributed by atoms with E-state index in [1.807, 2.05) is 0 Å². The third kappa shape index (κ3) is 3.09. The number of carboxylic acid groups (broad SMARTS) is 1. The number of allylic oxidation sites excluding steroid dienone is 1. The molecule has 0 bridgehead atoms. The Kier molecular flexibility index (Phi) is 4.70. The Balaban J connectivity index is 5.09. The molecule has 1 atom stereocenters. The minimum Gasteiger partial charge on any atom is -0.481 e. The Hall–Kier alpha value is -1.83. The maximum Gasteiger partial charge on any atom is 0.348 e. The van der Waals surface area contributed by atoms with Gasteiger partial charge < -0.3 is 9.84 Å². The first-order valence-corrected chi connectivity index (χ1v) is 4.71. The minimum atomic E-state index is -1.05. The summed E-state index contributed by atoms with van der Waals surface area (Å²) in [4.78, 5) is 22.1. The normalized spacial score (nSPS) is 13.8. The quantitative estimate of drug-likeness (QED) is 0.443. The molecular formula is C11H15NO4. The van der Waals surface area contributed by atoms with Crippen LogP contribution in [-0.2, 0) is 14.3 Å². The number of carbonyl (C=O) groups excluding carboxylic acids is 1. The van der Waals surface area contributed by atoms with Crippen molar-refractivity contribution in [3.63, 3.8) is 0 Å². The van der Waals surface area contributed by atoms with Gasteiger partial charge in [-0.15, -0.1) is 0 Å². The van der Waals surface area contributed by atoms with Crippen LogP contribution in [-0.4, -0.2) is 24.2 Å². The highest BCUT2D eigenvalue weighted by Gasteiger charge is 2.33. The largest absolute Gasteiger partial charge is 0.481 e. The number of carboxylic acids is 1. The Labute approximate surface area is 94.3 Å². The molecule has 0 aromatic carbocycles. The number of hydrogen-bond acceptors (Lipinski definition) is 4. The van der Waals surface area contributed by atoms with Crippen molar-refractivity contribution in [1.82, 2.24) is 0 Å². The topological polar surface area (TPSA) is 87.4 Å². The lowest BCUT2D eigenvalue weighted by molar-refractivity contribution is -0.148. The van der Waals surface area contributed by atoms with Crippen molar-refractivity contribution in [3.05, 3.63) is 11.6 Å². The highest BCUT2D eigenvalue weighted by Crippen LogP contribution is 2.28. The minimum absolute atomic E-state index is 0.177. The average Bonchev–Trinajstić information content (AvgIpc) is 2.23. The van der Waals surface area contributed by atoms with E-state index in [4.69, 9.17) is 10.4 Å². The van der Waals surface area contributed by atoms with Gasteiger partial charge in [-0.25, -0.2) is 4.79 Å². The van der Waals surface area contributed by atoms with Crippen molar-refractivity contribution in [2.45, 2.75) is 20.8 Å². The smallest absolute Gasteiger partial charge is 0.348 e. The molecule has 1 unspecified atom stereocenters. The predicted octanol–water partition coefficient (Wildman–Crippen LogP) is 1.36. The van der Waals surface area contributed by atoms with E-state index in [1.54, 1.807) is 13.0 Å². The molecule has 16 heavy (non-hydrogen) atoms. The number of ether oxygens (including phenoxy) is 1. The van der Waals surface area contributed by atoms with Gasteiger partial charge in [-0.3, -0.25) is 4.79 Å². The molecule has 5 nitrogen and oxygen atoms in total. The van der Waals surface area contributed by atoms with Gasteiger partial charge in [0.05, 0.1) is 12.5 Å². The molecule has 0 aromatic heterocycles. The van der Waals surface area contributed by atoms with Crippen LogP contribution in [0.3, 0.4) is 0 Å². The van der Waals surface area contributed by atoms with Crippen LogP contribution in [0, 0.1) is 22.7 Å². The van der Waals surface area contributed by atoms with Crippen molar-refractivity contribution in [1.29, 1.82) is 5.26 Å². The number of aliphatic carboxylic acids is 1. The average molecular weight is 225 g/mol. The molecule has 0 aliphatic rings. The molecule has 0 amide bonds. The van der Waals surface area contributed by atoms with E-state index in [1.165, 1.54) is 27.0 Å². The van der Waals surface area contributed by atoms with E-state index in [0.29, 0.717) is 0 Å². The Morgan fingerprint density at radius 2 is 2.00 bits per heavy atom. The van der Waals surface area contributed by atoms with Gasteiger partial charge in [0, 0.05) is 0 Å². The fourth-order valence-electron chi connectivity index (χ4n) is 0.914. The fourth-order valence-corrected chi connectivity index (χ4v) is 0.914. The van der Waals surface area contributed by atoms with Crippen LogP contribution in [0.5, 0.6) is 0 Å². The zero-order valence-electron chi connectivity index (χ0n) is 9.77. The van der Waals surface area contributed by atoms with E-state index >= 15 is 0 Å². The lowest BCUT2D eigenvalue weighted by atomic mass is 9.79. The fraction of sp³-hybridized carbons (Fsp3) is 0.545. The van der Waals surface area contributed by atoms with Crippen LogP contribution in [0.25, 0.3) is 0 Å². The van der Waals surface area contributed by atoms with Gasteiger partial charge in [-0.05, 0) is 19.8 Å². The van der Waals surface area contributed by atoms with Crippen LogP contribution in [0.15, 0.2) is 11.6 Å². The SMILES string of the molecule is COC(=O)/C(C#N)=C/C(C)C(C)(C)C(=O)O. The molecule has 0 aromatic rings. The summed E-state index contributed by atoms with van der Waals surface area (Å²) in [5.41, 5.74) is -1.22. The molecule has 1 N–H and O–H groups in total. The number of nitriles is 1. The summed E-state index contributed by atoms with van der Waals surface area (Å²) in [6, 6.07) is 1.69. The van der Waals surface area contributed by atoms with Crippen molar-refractivity contribution in [2.75, 3.05) is 7.11 Å². The summed E-state index contributed by atoms with van der Waals surface area (Å²) in [5.74, 6) is -2.20. The highest BCUT2D eigenvalue weighted by molar-refractivity contribution is 5.92. The van der Waals surface area contributed by atoms with Gasteiger partial charge in [0.1, 0.15) is 11.6 Å². The van der Waals surface area contributed by atoms with E-state index in [0.717, 1.165) is 0 Å². The zero-order chi connectivity index (χ0) is 12.9. The second-order valence-corrected chi connectivity index (χ2v) is 4.00. The third-order valence-corrected chi connectivity index (χ3v) is 2.63. The first-order chi connectivity index (χ1) is 7.27. The Morgan fingerprint density at radius 3 is 2.31 bits per heavy atom. The summed E-state index contributed by atoms with van der Waals surface area (Å²) in [6.07, 6.45) is 1.32. The number of nitrogens with zero attached hydrogens (tertiary/aromatic N) is 1. The van der Waals surface area contributed by atoms with Gasteiger partial charge in [0.2, 0.25) is 0 Å². The third-order valence-electron chi connectivity index (χ3n) is 2.63. The summed E-state index contributed by atoms with van der Waals surface area (Å²) in [5, 5.41) is 17.7. The van der Waals surface area contributed by atoms with Crippen molar-refractivity contribution in [3.8, 4) is 6.07 Å². The number of rotatable bonds is 4. The summed E-state index contributed by atoms with van der Waals surface area (Å²) < 4.78 is 4.40. The number of hydrogen-bond donors (Lipinski definition) is 1. The molecule has 0 saturated carbocycles. The van der Waals surface area contributed by atoms with E-state index in [-0.39, 0.29) is 5.57 Å². The van der Waals surface area contributed by atoms with E-state index in [2.05, 4.69) is 4.74 Å². The molecule has 0 fully saturated rings. The van der Waals surface area contributed by atoms with Crippen LogP contribution >= 0.6 is 0 Å². The van der Waals surface area contributed by atoms with Crippen molar-refractivity contribution < 1.29 is 19.4 Å². The molecule has 0 saturated heterocycles. The molecule has 0 rings (SSSR count). The maximum atomic E-state index is 11.1. The van der Waals surface area contributed by atoms with Crippen molar-refractivity contribution >= 4 is 11.9 Å². The van der Waals surface area contributed by atoms with E-state index in [9.17, 15) is 9.59 Å². The van der Waals surface area contributed by atoms with Crippen LogP contribution in [0.2, 0.25) is 0 Å². The monoisotopic (exact) mass is 225 g/mol. The molecule has 0 spiro atoms. The first kappa shape index (κ1) is 14.2. The lowest BCUT2D eigenvalue weighted by Crippen LogP contribution is -2.30. The van der Waals surface area contributed by atoms with Gasteiger partial charge in [-0.2, -0.15) is 5.26 Å². The molecule has 0 aliphatic carbocycles. The second-order valence-electron chi connectivity index (χ2n) is 4.00. The summed E-state index contributed by atoms with van der Waals surface area (Å²) in [6.45, 7) is 4.69. The van der Waals surface area contributed by atoms with Crippen LogP contribution in [0.4, 0.5) is 0 Å². The van der Waals surface area contributed by atoms with Gasteiger partial charge in [-0.1, -0.05) is 13.0 Å². The molecule has 5 heteroatoms. The molecule has 0 aliphatic heterocycles. The standard InChI is InChI=1S/C11H15NO4/c1-7(11(2,3)10(14)15)5-8(6-12)9(13)16-4/h5,7H,1-4H3,(H,14,15)/b8-5+. The Morgan fingerprint density at radius 1 is 1.50 bits per heavy atom. The van der Waals surface area contributed by atoms with Gasteiger partial charge >= 0.3 is 11.9 Å². The molecule has 0 radical (unpaired) electrons. The predicted molar refractivity (Wildman–Crippen MR) is 56.3 cm³/mol. The summed E-state index contributed by atoms with van der Waals surface area (Å²) >= 11 is 0. The molecule has 88 valence electrons. The number of methoxy groups -OCH3 is 1. The summed E-state index contributed by atoms with van der Waals surface area (Å²) in [7, 11) is 1.17. The lowest BCUT2D eigenvalue weighted by Gasteiger charge is -2.24. The second kappa shape index (κ2) is 5.31.